The van der Waals surface area contributed by atoms with Gasteiger partial charge in [0.05, 0.1) is 0 Å². The van der Waals surface area contributed by atoms with E-state index in [0.29, 0.717) is 6.04 Å². The molecule has 0 aromatic heterocycles. The Morgan fingerprint density at radius 2 is 1.76 bits per heavy atom. The SMILES string of the molecule is CCNC(=NCCCCN(CC)CC)NC1CCN(Cc2ccccc2)CC1.I. The lowest BCUT2D eigenvalue weighted by molar-refractivity contribution is 0.198. The van der Waals surface area contributed by atoms with Gasteiger partial charge in [-0.25, -0.2) is 0 Å². The van der Waals surface area contributed by atoms with Gasteiger partial charge in [0.2, 0.25) is 0 Å². The van der Waals surface area contributed by atoms with E-state index in [2.05, 4.69) is 71.5 Å². The second kappa shape index (κ2) is 15.9. The van der Waals surface area contributed by atoms with Gasteiger partial charge in [0.25, 0.3) is 0 Å². The molecule has 29 heavy (non-hydrogen) atoms. The number of likely N-dealkylation sites (tertiary alicyclic amines) is 1. The first-order chi connectivity index (χ1) is 13.7. The summed E-state index contributed by atoms with van der Waals surface area (Å²) in [7, 11) is 0. The van der Waals surface area contributed by atoms with Crippen LogP contribution in [0.15, 0.2) is 35.3 Å². The fraction of sp³-hybridized carbons (Fsp3) is 0.696. The molecule has 1 aliphatic heterocycles. The van der Waals surface area contributed by atoms with E-state index in [-0.39, 0.29) is 24.0 Å². The molecule has 1 aliphatic rings. The van der Waals surface area contributed by atoms with Crippen LogP contribution in [0.1, 0.15) is 52.0 Å². The quantitative estimate of drug-likeness (QED) is 0.203. The van der Waals surface area contributed by atoms with Crippen molar-refractivity contribution in [2.24, 2.45) is 4.99 Å². The maximum atomic E-state index is 4.81. The van der Waals surface area contributed by atoms with E-state index in [0.717, 1.165) is 58.2 Å². The molecule has 1 fully saturated rings. The molecule has 0 amide bonds. The Kier molecular flexibility index (Phi) is 14.4. The largest absolute Gasteiger partial charge is 0.357 e. The molecule has 1 heterocycles. The minimum atomic E-state index is 0. The van der Waals surface area contributed by atoms with Gasteiger partial charge in [-0.15, -0.1) is 24.0 Å². The Morgan fingerprint density at radius 1 is 1.07 bits per heavy atom. The molecule has 0 spiro atoms. The number of benzene rings is 1. The van der Waals surface area contributed by atoms with Crippen LogP contribution >= 0.6 is 24.0 Å². The van der Waals surface area contributed by atoms with Crippen LogP contribution in [0, 0.1) is 0 Å². The first-order valence-electron chi connectivity index (χ1n) is 11.3. The van der Waals surface area contributed by atoms with Gasteiger partial charge < -0.3 is 15.5 Å². The van der Waals surface area contributed by atoms with Crippen molar-refractivity contribution in [2.75, 3.05) is 45.8 Å². The summed E-state index contributed by atoms with van der Waals surface area (Å²) in [5, 5.41) is 7.08. The van der Waals surface area contributed by atoms with Crippen molar-refractivity contribution < 1.29 is 0 Å². The van der Waals surface area contributed by atoms with E-state index in [1.54, 1.807) is 0 Å². The minimum Gasteiger partial charge on any atom is -0.357 e. The molecule has 1 aromatic rings. The van der Waals surface area contributed by atoms with Gasteiger partial charge in [-0.3, -0.25) is 9.89 Å². The highest BCUT2D eigenvalue weighted by molar-refractivity contribution is 14.0. The van der Waals surface area contributed by atoms with Crippen molar-refractivity contribution >= 4 is 29.9 Å². The summed E-state index contributed by atoms with van der Waals surface area (Å²) in [5.41, 5.74) is 1.41. The molecule has 1 saturated heterocycles. The number of hydrogen-bond acceptors (Lipinski definition) is 3. The molecule has 0 unspecified atom stereocenters. The second-order valence-electron chi connectivity index (χ2n) is 7.68. The van der Waals surface area contributed by atoms with Crippen molar-refractivity contribution in [2.45, 2.75) is 59.0 Å². The summed E-state index contributed by atoms with van der Waals surface area (Å²) in [6.07, 6.45) is 4.74. The number of nitrogens with one attached hydrogen (secondary N) is 2. The van der Waals surface area contributed by atoms with E-state index in [1.807, 2.05) is 0 Å². The average molecular weight is 516 g/mol. The number of guanidine groups is 1. The lowest BCUT2D eigenvalue weighted by Gasteiger charge is -2.33. The zero-order chi connectivity index (χ0) is 20.0. The van der Waals surface area contributed by atoms with Crippen molar-refractivity contribution in [3.05, 3.63) is 35.9 Å². The van der Waals surface area contributed by atoms with Crippen LogP contribution in [-0.4, -0.2) is 67.6 Å². The number of hydrogen-bond donors (Lipinski definition) is 2. The standard InChI is InChI=1S/C23H41N5.HI/c1-4-24-23(25-16-10-11-17-27(5-2)6-3)26-22-14-18-28(19-15-22)20-21-12-8-7-9-13-21;/h7-9,12-13,22H,4-6,10-11,14-20H2,1-3H3,(H2,24,25,26);1H. The third-order valence-corrected chi connectivity index (χ3v) is 5.57. The smallest absolute Gasteiger partial charge is 0.191 e. The van der Waals surface area contributed by atoms with Crippen LogP contribution in [0.5, 0.6) is 0 Å². The highest BCUT2D eigenvalue weighted by Gasteiger charge is 2.19. The minimum absolute atomic E-state index is 0. The number of rotatable bonds is 11. The summed E-state index contributed by atoms with van der Waals surface area (Å²) in [5.74, 6) is 0.992. The van der Waals surface area contributed by atoms with Gasteiger partial charge in [0.1, 0.15) is 0 Å². The third kappa shape index (κ3) is 10.6. The topological polar surface area (TPSA) is 42.9 Å². The average Bonchev–Trinajstić information content (AvgIpc) is 2.73. The molecule has 0 radical (unpaired) electrons. The Balaban J connectivity index is 0.00000420. The fourth-order valence-electron chi connectivity index (χ4n) is 3.77. The van der Waals surface area contributed by atoms with Crippen LogP contribution in [0.3, 0.4) is 0 Å². The first-order valence-corrected chi connectivity index (χ1v) is 11.3. The molecule has 0 aliphatic carbocycles. The van der Waals surface area contributed by atoms with Gasteiger partial charge in [-0.2, -0.15) is 0 Å². The van der Waals surface area contributed by atoms with Gasteiger partial charge in [-0.05, 0) is 57.8 Å². The maximum absolute atomic E-state index is 4.81. The van der Waals surface area contributed by atoms with Crippen molar-refractivity contribution in [3.8, 4) is 0 Å². The fourth-order valence-corrected chi connectivity index (χ4v) is 3.77. The Morgan fingerprint density at radius 3 is 2.38 bits per heavy atom. The third-order valence-electron chi connectivity index (χ3n) is 5.57. The second-order valence-corrected chi connectivity index (χ2v) is 7.68. The molecular formula is C23H42IN5. The van der Waals surface area contributed by atoms with Crippen molar-refractivity contribution in [1.29, 1.82) is 0 Å². The summed E-state index contributed by atoms with van der Waals surface area (Å²) in [6, 6.07) is 11.3. The molecule has 6 heteroatoms. The molecule has 0 atom stereocenters. The summed E-state index contributed by atoms with van der Waals surface area (Å²) in [6.45, 7) is 15.3. The van der Waals surface area contributed by atoms with Crippen LogP contribution in [0.2, 0.25) is 0 Å². The molecule has 0 bridgehead atoms. The summed E-state index contributed by atoms with van der Waals surface area (Å²) in [4.78, 5) is 9.85. The van der Waals surface area contributed by atoms with E-state index in [4.69, 9.17) is 4.99 Å². The number of nitrogens with zero attached hydrogens (tertiary/aromatic N) is 3. The van der Waals surface area contributed by atoms with Gasteiger partial charge in [0, 0.05) is 38.8 Å². The predicted octanol–water partition coefficient (Wildman–Crippen LogP) is 3.95. The highest BCUT2D eigenvalue weighted by Crippen LogP contribution is 2.13. The van der Waals surface area contributed by atoms with Crippen molar-refractivity contribution in [3.63, 3.8) is 0 Å². The Labute approximate surface area is 195 Å². The number of aliphatic imine (C=N–C) groups is 1. The van der Waals surface area contributed by atoms with Gasteiger partial charge >= 0.3 is 0 Å². The Hall–Kier alpha value is -0.860. The zero-order valence-corrected chi connectivity index (χ0v) is 21.0. The molecule has 1 aromatic carbocycles. The van der Waals surface area contributed by atoms with E-state index < -0.39 is 0 Å². The maximum Gasteiger partial charge on any atom is 0.191 e. The zero-order valence-electron chi connectivity index (χ0n) is 18.7. The molecular weight excluding hydrogens is 473 g/mol. The lowest BCUT2D eigenvalue weighted by atomic mass is 10.0. The van der Waals surface area contributed by atoms with Crippen molar-refractivity contribution in [1.82, 2.24) is 20.4 Å². The van der Waals surface area contributed by atoms with Crippen LogP contribution in [-0.2, 0) is 6.54 Å². The number of halogens is 1. The van der Waals surface area contributed by atoms with E-state index >= 15 is 0 Å². The van der Waals surface area contributed by atoms with Gasteiger partial charge in [0.15, 0.2) is 5.96 Å². The normalized spacial score (nSPS) is 15.9. The number of unbranched alkanes of at least 4 members (excludes halogenated alkanes) is 1. The van der Waals surface area contributed by atoms with E-state index in [9.17, 15) is 0 Å². The summed E-state index contributed by atoms with van der Waals surface area (Å²) < 4.78 is 0. The number of piperidine rings is 1. The lowest BCUT2D eigenvalue weighted by Crippen LogP contribution is -2.48. The molecule has 2 N–H and O–H groups in total. The Bertz CT molecular complexity index is 539. The van der Waals surface area contributed by atoms with E-state index in [1.165, 1.54) is 31.4 Å². The van der Waals surface area contributed by atoms with Crippen LogP contribution in [0.25, 0.3) is 0 Å². The summed E-state index contributed by atoms with van der Waals surface area (Å²) >= 11 is 0. The molecule has 5 nitrogen and oxygen atoms in total. The monoisotopic (exact) mass is 515 g/mol. The first kappa shape index (κ1) is 26.2. The van der Waals surface area contributed by atoms with Crippen LogP contribution in [0.4, 0.5) is 0 Å². The molecule has 2 rings (SSSR count). The molecule has 0 saturated carbocycles. The van der Waals surface area contributed by atoms with Gasteiger partial charge in [-0.1, -0.05) is 44.2 Å². The highest BCUT2D eigenvalue weighted by atomic mass is 127. The predicted molar refractivity (Wildman–Crippen MR) is 136 cm³/mol. The van der Waals surface area contributed by atoms with Crippen LogP contribution < -0.4 is 10.6 Å². The molecule has 166 valence electrons.